The van der Waals surface area contributed by atoms with Gasteiger partial charge in [-0.25, -0.2) is 15.0 Å². The Balaban J connectivity index is 1.38. The summed E-state index contributed by atoms with van der Waals surface area (Å²) < 4.78 is 5.65. The number of ether oxygens (including phenoxy) is 1. The molecule has 3 aromatic heterocycles. The maximum Gasteiger partial charge on any atom is 0.256 e. The number of halogens is 1. The molecule has 10 nitrogen and oxygen atoms in total. The van der Waals surface area contributed by atoms with Gasteiger partial charge < -0.3 is 25.5 Å². The van der Waals surface area contributed by atoms with Crippen LogP contribution in [0.2, 0.25) is 5.02 Å². The smallest absolute Gasteiger partial charge is 0.256 e. The number of aliphatic hydroxyl groups excluding tert-OH is 1. The normalized spacial score (nSPS) is 17.6. The first-order valence-electron chi connectivity index (χ1n) is 11.4. The van der Waals surface area contributed by atoms with Crippen molar-refractivity contribution in [3.63, 3.8) is 0 Å². The van der Waals surface area contributed by atoms with E-state index in [1.54, 1.807) is 36.7 Å². The molecule has 0 radical (unpaired) electrons. The van der Waals surface area contributed by atoms with Crippen molar-refractivity contribution in [3.8, 4) is 0 Å². The number of carbonyl (C=O) groups is 2. The maximum atomic E-state index is 13.5. The second-order valence-electron chi connectivity index (χ2n) is 8.40. The van der Waals surface area contributed by atoms with Crippen molar-refractivity contribution < 1.29 is 19.4 Å². The number of nitrogens with one attached hydrogen (secondary N) is 3. The number of aromatic nitrogens is 4. The number of amides is 1. The molecule has 184 valence electrons. The number of benzene rings is 1. The first-order chi connectivity index (χ1) is 17.5. The number of fused-ring (bicyclic) bond motifs is 1. The number of hydrogen-bond donors (Lipinski definition) is 4. The summed E-state index contributed by atoms with van der Waals surface area (Å²) in [4.78, 5) is 41.8. The molecule has 0 aliphatic carbocycles. The lowest BCUT2D eigenvalue weighted by Gasteiger charge is -2.29. The fraction of sp³-hybridized carbons (Fsp3) is 0.240. The van der Waals surface area contributed by atoms with Crippen LogP contribution in [0.1, 0.15) is 39.1 Å². The van der Waals surface area contributed by atoms with E-state index in [-0.39, 0.29) is 41.0 Å². The lowest BCUT2D eigenvalue weighted by Crippen LogP contribution is -2.36. The van der Waals surface area contributed by atoms with Crippen LogP contribution in [0.15, 0.2) is 55.1 Å². The van der Waals surface area contributed by atoms with E-state index in [4.69, 9.17) is 16.3 Å². The van der Waals surface area contributed by atoms with Crippen LogP contribution in [0.3, 0.4) is 0 Å². The van der Waals surface area contributed by atoms with E-state index in [9.17, 15) is 14.7 Å². The van der Waals surface area contributed by atoms with Gasteiger partial charge >= 0.3 is 0 Å². The minimum Gasteiger partial charge on any atom is -0.394 e. The SMILES string of the molecule is O=C(Nc1ccccn1)c1ccc(C(=O)c2c[nH]c3ncnc(N[C@H]4CC[C@H](CO)OC4)c23)c(Cl)c1. The molecule has 1 aromatic carbocycles. The summed E-state index contributed by atoms with van der Waals surface area (Å²) in [6, 6.07) is 9.68. The Morgan fingerprint density at radius 2 is 2.03 bits per heavy atom. The Hall–Kier alpha value is -3.86. The number of ketones is 1. The van der Waals surface area contributed by atoms with Crippen LogP contribution >= 0.6 is 11.6 Å². The van der Waals surface area contributed by atoms with Crippen LogP contribution in [0.25, 0.3) is 11.0 Å². The topological polar surface area (TPSA) is 142 Å². The molecule has 36 heavy (non-hydrogen) atoms. The minimum absolute atomic E-state index is 0.00864. The highest BCUT2D eigenvalue weighted by Crippen LogP contribution is 2.29. The van der Waals surface area contributed by atoms with E-state index in [1.165, 1.54) is 18.5 Å². The van der Waals surface area contributed by atoms with Crippen molar-refractivity contribution in [1.29, 1.82) is 0 Å². The Bertz CT molecular complexity index is 1400. The summed E-state index contributed by atoms with van der Waals surface area (Å²) >= 11 is 6.45. The monoisotopic (exact) mass is 506 g/mol. The summed E-state index contributed by atoms with van der Waals surface area (Å²) in [5.41, 5.74) is 1.40. The molecule has 0 saturated carbocycles. The predicted molar refractivity (Wildman–Crippen MR) is 134 cm³/mol. The van der Waals surface area contributed by atoms with E-state index >= 15 is 0 Å². The van der Waals surface area contributed by atoms with E-state index in [1.807, 2.05) is 0 Å². The molecule has 4 N–H and O–H groups in total. The van der Waals surface area contributed by atoms with Gasteiger partial charge in [-0.3, -0.25) is 9.59 Å². The molecule has 2 atom stereocenters. The predicted octanol–water partition coefficient (Wildman–Crippen LogP) is 3.44. The zero-order valence-electron chi connectivity index (χ0n) is 19.1. The molecule has 5 rings (SSSR count). The van der Waals surface area contributed by atoms with Crippen molar-refractivity contribution in [2.45, 2.75) is 25.0 Å². The van der Waals surface area contributed by atoms with Gasteiger partial charge in [-0.15, -0.1) is 0 Å². The number of aliphatic hydroxyl groups is 1. The number of H-pyrrole nitrogens is 1. The van der Waals surface area contributed by atoms with Crippen LogP contribution in [0.4, 0.5) is 11.6 Å². The van der Waals surface area contributed by atoms with Crippen molar-refractivity contribution in [3.05, 3.63) is 76.8 Å². The van der Waals surface area contributed by atoms with E-state index in [0.717, 1.165) is 12.8 Å². The lowest BCUT2D eigenvalue weighted by atomic mass is 10.0. The first kappa shape index (κ1) is 23.9. The van der Waals surface area contributed by atoms with E-state index in [0.29, 0.717) is 40.4 Å². The van der Waals surface area contributed by atoms with Gasteiger partial charge in [0.2, 0.25) is 0 Å². The second kappa shape index (κ2) is 10.4. The van der Waals surface area contributed by atoms with Gasteiger partial charge in [0.1, 0.15) is 23.6 Å². The fourth-order valence-corrected chi connectivity index (χ4v) is 4.39. The molecule has 1 saturated heterocycles. The van der Waals surface area contributed by atoms with Crippen LogP contribution in [-0.2, 0) is 4.74 Å². The third-order valence-corrected chi connectivity index (χ3v) is 6.32. The van der Waals surface area contributed by atoms with Gasteiger partial charge in [0.05, 0.1) is 41.3 Å². The zero-order chi connectivity index (χ0) is 25.1. The maximum absolute atomic E-state index is 13.5. The van der Waals surface area contributed by atoms with Gasteiger partial charge in [-0.2, -0.15) is 0 Å². The Morgan fingerprint density at radius 1 is 1.14 bits per heavy atom. The van der Waals surface area contributed by atoms with Crippen molar-refractivity contribution in [2.75, 3.05) is 23.8 Å². The molecule has 4 heterocycles. The fourth-order valence-electron chi connectivity index (χ4n) is 4.12. The lowest BCUT2D eigenvalue weighted by molar-refractivity contribution is -0.0224. The van der Waals surface area contributed by atoms with Crippen LogP contribution in [0.5, 0.6) is 0 Å². The molecule has 1 aliphatic rings. The number of nitrogens with zero attached hydrogens (tertiary/aromatic N) is 3. The summed E-state index contributed by atoms with van der Waals surface area (Å²) in [6.45, 7) is 0.406. The molecule has 0 unspecified atom stereocenters. The molecular weight excluding hydrogens is 484 g/mol. The summed E-state index contributed by atoms with van der Waals surface area (Å²) in [6.07, 6.45) is 5.91. The molecule has 0 spiro atoms. The largest absolute Gasteiger partial charge is 0.394 e. The molecule has 1 aliphatic heterocycles. The van der Waals surface area contributed by atoms with Crippen molar-refractivity contribution in [1.82, 2.24) is 19.9 Å². The van der Waals surface area contributed by atoms with Crippen LogP contribution < -0.4 is 10.6 Å². The van der Waals surface area contributed by atoms with E-state index < -0.39 is 0 Å². The highest BCUT2D eigenvalue weighted by molar-refractivity contribution is 6.36. The quantitative estimate of drug-likeness (QED) is 0.279. The summed E-state index contributed by atoms with van der Waals surface area (Å²) in [5.74, 6) is 0.191. The third-order valence-electron chi connectivity index (χ3n) is 6.01. The molecule has 11 heteroatoms. The number of carbonyl (C=O) groups excluding carboxylic acids is 2. The number of rotatable bonds is 7. The van der Waals surface area contributed by atoms with Gasteiger partial charge in [-0.05, 0) is 43.2 Å². The molecular formula is C25H23ClN6O4. The Kier molecular flexibility index (Phi) is 6.90. The first-order valence-corrected chi connectivity index (χ1v) is 11.8. The second-order valence-corrected chi connectivity index (χ2v) is 8.80. The number of hydrogen-bond acceptors (Lipinski definition) is 8. The molecule has 4 aromatic rings. The number of pyridine rings is 1. The highest BCUT2D eigenvalue weighted by Gasteiger charge is 2.25. The van der Waals surface area contributed by atoms with Gasteiger partial charge in [0, 0.05) is 23.5 Å². The molecule has 1 fully saturated rings. The number of aromatic amines is 1. The van der Waals surface area contributed by atoms with Gasteiger partial charge in [0.25, 0.3) is 5.91 Å². The number of anilines is 2. The Morgan fingerprint density at radius 3 is 2.75 bits per heavy atom. The third kappa shape index (κ3) is 4.92. The summed E-state index contributed by atoms with van der Waals surface area (Å²) in [5, 5.41) is 16.0. The Labute approximate surface area is 211 Å². The van der Waals surface area contributed by atoms with E-state index in [2.05, 4.69) is 30.6 Å². The average Bonchev–Trinajstić information content (AvgIpc) is 3.34. The van der Waals surface area contributed by atoms with Crippen LogP contribution in [-0.4, -0.2) is 62.1 Å². The standard InChI is InChI=1S/C25H23ClN6O4/c26-19-9-14(25(35)32-20-3-1-2-8-27-20)4-7-17(19)22(34)18-10-28-23-21(18)24(30-13-29-23)31-15-5-6-16(11-33)36-12-15/h1-4,7-10,13,15-16,33H,5-6,11-12H2,(H,27,32,35)(H2,28,29,30,31)/t15-,16+/m0/s1. The van der Waals surface area contributed by atoms with Crippen LogP contribution in [0, 0.1) is 0 Å². The van der Waals surface area contributed by atoms with Crippen molar-refractivity contribution >= 4 is 46.0 Å². The highest BCUT2D eigenvalue weighted by atomic mass is 35.5. The van der Waals surface area contributed by atoms with Crippen molar-refractivity contribution in [2.24, 2.45) is 0 Å². The molecule has 1 amide bonds. The van der Waals surface area contributed by atoms with Gasteiger partial charge in [-0.1, -0.05) is 17.7 Å². The average molecular weight is 507 g/mol. The van der Waals surface area contributed by atoms with Gasteiger partial charge in [0.15, 0.2) is 5.78 Å². The zero-order valence-corrected chi connectivity index (χ0v) is 19.8. The molecule has 0 bridgehead atoms. The minimum atomic E-state index is -0.389. The summed E-state index contributed by atoms with van der Waals surface area (Å²) in [7, 11) is 0.